The zero-order chi connectivity index (χ0) is 17.4. The lowest BCUT2D eigenvalue weighted by atomic mass is 10.2. The molecular weight excluding hydrogens is 349 g/mol. The van der Waals surface area contributed by atoms with Crippen molar-refractivity contribution in [2.24, 2.45) is 0 Å². The molecule has 4 nitrogen and oxygen atoms in total. The molecule has 0 bridgehead atoms. The molecule has 0 saturated carbocycles. The van der Waals surface area contributed by atoms with E-state index in [9.17, 15) is 4.79 Å². The molecule has 0 aromatic heterocycles. The minimum atomic E-state index is -0.296. The van der Waals surface area contributed by atoms with Crippen LogP contribution in [0.1, 0.15) is 5.56 Å². The summed E-state index contributed by atoms with van der Waals surface area (Å²) in [7, 11) is 1.58. The van der Waals surface area contributed by atoms with Gasteiger partial charge in [0.2, 0.25) is 0 Å². The SMILES string of the molecule is COc1ccccc1C#CCNC(=O)COc1ccc(Cl)cc1Cl. The molecule has 0 heterocycles. The summed E-state index contributed by atoms with van der Waals surface area (Å²) in [6, 6.07) is 12.2. The van der Waals surface area contributed by atoms with Crippen molar-refractivity contribution < 1.29 is 14.3 Å². The number of halogens is 2. The number of methoxy groups -OCH3 is 1. The van der Waals surface area contributed by atoms with Gasteiger partial charge < -0.3 is 14.8 Å². The molecule has 2 aromatic carbocycles. The zero-order valence-electron chi connectivity index (χ0n) is 12.9. The Bertz CT molecular complexity index is 781. The second-order valence-corrected chi connectivity index (χ2v) is 5.49. The molecule has 1 amide bonds. The lowest BCUT2D eigenvalue weighted by molar-refractivity contribution is -0.122. The van der Waals surface area contributed by atoms with Crippen LogP contribution >= 0.6 is 23.2 Å². The second kappa shape index (κ2) is 9.07. The molecular formula is C18H15Cl2NO3. The quantitative estimate of drug-likeness (QED) is 0.826. The van der Waals surface area contributed by atoms with Gasteiger partial charge in [-0.15, -0.1) is 0 Å². The number of nitrogens with one attached hydrogen (secondary N) is 1. The van der Waals surface area contributed by atoms with Crippen LogP contribution < -0.4 is 14.8 Å². The van der Waals surface area contributed by atoms with Crippen molar-refractivity contribution in [3.63, 3.8) is 0 Å². The summed E-state index contributed by atoms with van der Waals surface area (Å²) in [4.78, 5) is 11.7. The largest absolute Gasteiger partial charge is 0.495 e. The molecule has 0 aliphatic heterocycles. The Morgan fingerprint density at radius 1 is 1.17 bits per heavy atom. The molecule has 2 rings (SSSR count). The average molecular weight is 364 g/mol. The van der Waals surface area contributed by atoms with E-state index >= 15 is 0 Å². The van der Waals surface area contributed by atoms with Crippen molar-refractivity contribution in [2.45, 2.75) is 0 Å². The number of amides is 1. The second-order valence-electron chi connectivity index (χ2n) is 4.64. The molecule has 0 radical (unpaired) electrons. The van der Waals surface area contributed by atoms with Crippen LogP contribution in [-0.4, -0.2) is 26.2 Å². The van der Waals surface area contributed by atoms with Crippen LogP contribution in [0.3, 0.4) is 0 Å². The van der Waals surface area contributed by atoms with Gasteiger partial charge in [0.05, 0.1) is 24.2 Å². The zero-order valence-corrected chi connectivity index (χ0v) is 14.4. The molecule has 0 spiro atoms. The van der Waals surface area contributed by atoms with Gasteiger partial charge in [0.25, 0.3) is 5.91 Å². The third kappa shape index (κ3) is 5.38. The lowest BCUT2D eigenvalue weighted by Crippen LogP contribution is -2.29. The first kappa shape index (κ1) is 18.0. The maximum Gasteiger partial charge on any atom is 0.258 e. The molecule has 0 fully saturated rings. The molecule has 124 valence electrons. The highest BCUT2D eigenvalue weighted by Crippen LogP contribution is 2.27. The number of carbonyl (C=O) groups excluding carboxylic acids is 1. The van der Waals surface area contributed by atoms with E-state index in [0.29, 0.717) is 21.5 Å². The number of rotatable bonds is 5. The van der Waals surface area contributed by atoms with Gasteiger partial charge in [0.1, 0.15) is 11.5 Å². The van der Waals surface area contributed by atoms with Gasteiger partial charge in [-0.1, -0.05) is 47.2 Å². The van der Waals surface area contributed by atoms with E-state index in [1.807, 2.05) is 24.3 Å². The van der Waals surface area contributed by atoms with Crippen molar-refractivity contribution in [3.05, 3.63) is 58.1 Å². The molecule has 0 atom stereocenters. The Kier molecular flexibility index (Phi) is 6.80. The predicted octanol–water partition coefficient (Wildman–Crippen LogP) is 3.55. The Labute approximate surface area is 150 Å². The van der Waals surface area contributed by atoms with Crippen molar-refractivity contribution in [1.29, 1.82) is 0 Å². The first-order valence-corrected chi connectivity index (χ1v) is 7.82. The maximum absolute atomic E-state index is 11.7. The van der Waals surface area contributed by atoms with E-state index in [2.05, 4.69) is 17.2 Å². The standard InChI is InChI=1S/C18H15Cl2NO3/c1-23-16-7-3-2-5-13(16)6-4-10-21-18(22)12-24-17-9-8-14(19)11-15(17)20/h2-3,5,7-9,11H,10,12H2,1H3,(H,21,22). The predicted molar refractivity (Wildman–Crippen MR) is 94.8 cm³/mol. The van der Waals surface area contributed by atoms with Crippen LogP contribution in [-0.2, 0) is 4.79 Å². The molecule has 0 saturated heterocycles. The summed E-state index contributed by atoms with van der Waals surface area (Å²) < 4.78 is 10.5. The minimum Gasteiger partial charge on any atom is -0.495 e. The summed E-state index contributed by atoms with van der Waals surface area (Å²) in [6.07, 6.45) is 0. The first-order valence-electron chi connectivity index (χ1n) is 7.06. The molecule has 0 unspecified atom stereocenters. The highest BCUT2D eigenvalue weighted by Gasteiger charge is 2.05. The van der Waals surface area contributed by atoms with Gasteiger partial charge in [-0.2, -0.15) is 0 Å². The average Bonchev–Trinajstić information content (AvgIpc) is 2.58. The van der Waals surface area contributed by atoms with E-state index < -0.39 is 0 Å². The monoisotopic (exact) mass is 363 g/mol. The Morgan fingerprint density at radius 3 is 2.71 bits per heavy atom. The Hall–Kier alpha value is -2.35. The van der Waals surface area contributed by atoms with E-state index in [1.165, 1.54) is 0 Å². The minimum absolute atomic E-state index is 0.155. The fourth-order valence-corrected chi connectivity index (χ4v) is 2.28. The summed E-state index contributed by atoms with van der Waals surface area (Å²) in [6.45, 7) is 0.0479. The molecule has 6 heteroatoms. The fourth-order valence-electron chi connectivity index (χ4n) is 1.82. The van der Waals surface area contributed by atoms with Crippen molar-refractivity contribution in [1.82, 2.24) is 5.32 Å². The molecule has 0 aliphatic carbocycles. The summed E-state index contributed by atoms with van der Waals surface area (Å²) >= 11 is 11.8. The Morgan fingerprint density at radius 2 is 1.96 bits per heavy atom. The van der Waals surface area contributed by atoms with E-state index in [-0.39, 0.29) is 19.1 Å². The van der Waals surface area contributed by atoms with Crippen LogP contribution in [0.4, 0.5) is 0 Å². The number of hydrogen-bond donors (Lipinski definition) is 1. The number of para-hydroxylation sites is 1. The van der Waals surface area contributed by atoms with E-state index in [0.717, 1.165) is 5.56 Å². The van der Waals surface area contributed by atoms with Crippen LogP contribution in [0.15, 0.2) is 42.5 Å². The van der Waals surface area contributed by atoms with Gasteiger partial charge in [0.15, 0.2) is 6.61 Å². The van der Waals surface area contributed by atoms with E-state index in [4.69, 9.17) is 32.7 Å². The smallest absolute Gasteiger partial charge is 0.258 e. The maximum atomic E-state index is 11.7. The number of hydrogen-bond acceptors (Lipinski definition) is 3. The summed E-state index contributed by atoms with van der Waals surface area (Å²) in [5, 5.41) is 3.50. The third-order valence-electron chi connectivity index (χ3n) is 2.96. The Balaban J connectivity index is 1.81. The van der Waals surface area contributed by atoms with Crippen molar-refractivity contribution in [3.8, 4) is 23.3 Å². The van der Waals surface area contributed by atoms with Gasteiger partial charge in [0, 0.05) is 5.02 Å². The fraction of sp³-hybridized carbons (Fsp3) is 0.167. The molecule has 2 aromatic rings. The van der Waals surface area contributed by atoms with Gasteiger partial charge in [-0.05, 0) is 30.3 Å². The van der Waals surface area contributed by atoms with E-state index in [1.54, 1.807) is 25.3 Å². The van der Waals surface area contributed by atoms with Gasteiger partial charge in [-0.3, -0.25) is 4.79 Å². The topological polar surface area (TPSA) is 47.6 Å². The summed E-state index contributed by atoms with van der Waals surface area (Å²) in [5.41, 5.74) is 0.762. The van der Waals surface area contributed by atoms with Crippen molar-refractivity contribution >= 4 is 29.1 Å². The normalized spacial score (nSPS) is 9.62. The summed E-state index contributed by atoms with van der Waals surface area (Å²) in [5.74, 6) is 6.60. The van der Waals surface area contributed by atoms with Gasteiger partial charge >= 0.3 is 0 Å². The van der Waals surface area contributed by atoms with Crippen LogP contribution in [0.2, 0.25) is 10.0 Å². The number of benzene rings is 2. The third-order valence-corrected chi connectivity index (χ3v) is 3.49. The van der Waals surface area contributed by atoms with Crippen LogP contribution in [0.5, 0.6) is 11.5 Å². The molecule has 24 heavy (non-hydrogen) atoms. The van der Waals surface area contributed by atoms with Crippen LogP contribution in [0.25, 0.3) is 0 Å². The first-order chi connectivity index (χ1) is 11.6. The number of ether oxygens (including phenoxy) is 2. The number of carbonyl (C=O) groups is 1. The lowest BCUT2D eigenvalue weighted by Gasteiger charge is -2.07. The van der Waals surface area contributed by atoms with Crippen molar-refractivity contribution in [2.75, 3.05) is 20.3 Å². The molecule has 1 N–H and O–H groups in total. The molecule has 0 aliphatic rings. The van der Waals surface area contributed by atoms with Gasteiger partial charge in [-0.25, -0.2) is 0 Å². The highest BCUT2D eigenvalue weighted by atomic mass is 35.5. The highest BCUT2D eigenvalue weighted by molar-refractivity contribution is 6.35. The van der Waals surface area contributed by atoms with Crippen LogP contribution in [0, 0.1) is 11.8 Å².